The van der Waals surface area contributed by atoms with E-state index in [1.54, 1.807) is 7.11 Å². The highest BCUT2D eigenvalue weighted by Gasteiger charge is 2.15. The standard InChI is InChI=1S/C14H16N2O/c1-17-13-7-3-2-6-11(13)12-10-16-9-5-4-8-14(16)15-12/h2-3,6-7,10H,4-5,8-9H2,1H3. The van der Waals surface area contributed by atoms with Gasteiger partial charge in [0.1, 0.15) is 11.6 Å². The van der Waals surface area contributed by atoms with Crippen molar-refractivity contribution >= 4 is 0 Å². The van der Waals surface area contributed by atoms with Gasteiger partial charge in [0.25, 0.3) is 0 Å². The second kappa shape index (κ2) is 4.24. The molecule has 0 radical (unpaired) electrons. The molecule has 0 saturated carbocycles. The molecule has 2 heterocycles. The zero-order valence-electron chi connectivity index (χ0n) is 10.0. The van der Waals surface area contributed by atoms with Gasteiger partial charge in [-0.25, -0.2) is 4.98 Å². The van der Waals surface area contributed by atoms with Crippen LogP contribution < -0.4 is 4.74 Å². The molecular formula is C14H16N2O. The monoisotopic (exact) mass is 228 g/mol. The van der Waals surface area contributed by atoms with Gasteiger partial charge in [-0.05, 0) is 25.0 Å². The van der Waals surface area contributed by atoms with Crippen molar-refractivity contribution in [1.29, 1.82) is 0 Å². The van der Waals surface area contributed by atoms with Crippen molar-refractivity contribution < 1.29 is 4.74 Å². The number of ether oxygens (including phenoxy) is 1. The van der Waals surface area contributed by atoms with E-state index in [9.17, 15) is 0 Å². The highest BCUT2D eigenvalue weighted by Crippen LogP contribution is 2.29. The molecule has 2 aromatic rings. The fourth-order valence-electron chi connectivity index (χ4n) is 2.40. The molecular weight excluding hydrogens is 212 g/mol. The molecule has 17 heavy (non-hydrogen) atoms. The van der Waals surface area contributed by atoms with Crippen LogP contribution in [0.15, 0.2) is 30.5 Å². The number of methoxy groups -OCH3 is 1. The Morgan fingerprint density at radius 3 is 2.94 bits per heavy atom. The molecule has 1 aromatic heterocycles. The minimum atomic E-state index is 0.892. The SMILES string of the molecule is COc1ccccc1-c1cn2c(n1)CCCC2. The molecule has 3 nitrogen and oxygen atoms in total. The highest BCUT2D eigenvalue weighted by atomic mass is 16.5. The number of para-hydroxylation sites is 1. The molecule has 0 saturated heterocycles. The summed E-state index contributed by atoms with van der Waals surface area (Å²) in [7, 11) is 1.70. The Morgan fingerprint density at radius 2 is 2.12 bits per heavy atom. The van der Waals surface area contributed by atoms with Crippen molar-refractivity contribution in [3.63, 3.8) is 0 Å². The van der Waals surface area contributed by atoms with E-state index in [1.165, 1.54) is 18.7 Å². The molecule has 3 rings (SSSR count). The minimum Gasteiger partial charge on any atom is -0.496 e. The van der Waals surface area contributed by atoms with E-state index >= 15 is 0 Å². The second-order valence-corrected chi connectivity index (χ2v) is 4.39. The number of hydrogen-bond acceptors (Lipinski definition) is 2. The van der Waals surface area contributed by atoms with Gasteiger partial charge >= 0.3 is 0 Å². The van der Waals surface area contributed by atoms with Crippen molar-refractivity contribution in [3.8, 4) is 17.0 Å². The molecule has 0 amide bonds. The molecule has 0 unspecified atom stereocenters. The maximum absolute atomic E-state index is 5.38. The summed E-state index contributed by atoms with van der Waals surface area (Å²) in [5, 5.41) is 0. The average molecular weight is 228 g/mol. The van der Waals surface area contributed by atoms with E-state index in [2.05, 4.69) is 16.8 Å². The molecule has 0 atom stereocenters. The van der Waals surface area contributed by atoms with Crippen molar-refractivity contribution in [2.45, 2.75) is 25.8 Å². The predicted octanol–water partition coefficient (Wildman–Crippen LogP) is 2.90. The Morgan fingerprint density at radius 1 is 1.24 bits per heavy atom. The zero-order chi connectivity index (χ0) is 11.7. The first-order valence-corrected chi connectivity index (χ1v) is 6.08. The molecule has 0 N–H and O–H groups in total. The smallest absolute Gasteiger partial charge is 0.128 e. The maximum Gasteiger partial charge on any atom is 0.128 e. The highest BCUT2D eigenvalue weighted by molar-refractivity contribution is 5.66. The molecule has 1 aliphatic heterocycles. The first-order valence-electron chi connectivity index (χ1n) is 6.08. The summed E-state index contributed by atoms with van der Waals surface area (Å²) in [5.74, 6) is 2.10. The summed E-state index contributed by atoms with van der Waals surface area (Å²) in [5.41, 5.74) is 2.11. The molecule has 1 aromatic carbocycles. The van der Waals surface area contributed by atoms with Crippen molar-refractivity contribution in [2.75, 3.05) is 7.11 Å². The lowest BCUT2D eigenvalue weighted by atomic mass is 10.1. The second-order valence-electron chi connectivity index (χ2n) is 4.39. The van der Waals surface area contributed by atoms with E-state index in [4.69, 9.17) is 9.72 Å². The number of benzene rings is 1. The van der Waals surface area contributed by atoms with Crippen LogP contribution in [0.1, 0.15) is 18.7 Å². The van der Waals surface area contributed by atoms with Gasteiger partial charge in [0.2, 0.25) is 0 Å². The Labute approximate surface area is 101 Å². The average Bonchev–Trinajstić information content (AvgIpc) is 2.82. The Bertz CT molecular complexity index is 507. The third-order valence-corrected chi connectivity index (χ3v) is 3.29. The van der Waals surface area contributed by atoms with Crippen LogP contribution in [0, 0.1) is 0 Å². The lowest BCUT2D eigenvalue weighted by Gasteiger charge is -2.11. The van der Waals surface area contributed by atoms with Gasteiger partial charge in [-0.1, -0.05) is 12.1 Å². The van der Waals surface area contributed by atoms with Gasteiger partial charge in [0, 0.05) is 24.7 Å². The van der Waals surface area contributed by atoms with Gasteiger partial charge in [-0.15, -0.1) is 0 Å². The number of fused-ring (bicyclic) bond motifs is 1. The number of aryl methyl sites for hydroxylation is 2. The quantitative estimate of drug-likeness (QED) is 0.790. The minimum absolute atomic E-state index is 0.892. The Hall–Kier alpha value is -1.77. The van der Waals surface area contributed by atoms with Crippen LogP contribution in [0.25, 0.3) is 11.3 Å². The van der Waals surface area contributed by atoms with Crippen LogP contribution in [0.3, 0.4) is 0 Å². The van der Waals surface area contributed by atoms with Crippen molar-refractivity contribution in [3.05, 3.63) is 36.3 Å². The van der Waals surface area contributed by atoms with Crippen LogP contribution in [-0.4, -0.2) is 16.7 Å². The van der Waals surface area contributed by atoms with Gasteiger partial charge < -0.3 is 9.30 Å². The lowest BCUT2D eigenvalue weighted by molar-refractivity contribution is 0.416. The third kappa shape index (κ3) is 1.82. The Balaban J connectivity index is 2.06. The normalized spacial score (nSPS) is 14.4. The van der Waals surface area contributed by atoms with Crippen LogP contribution in [0.2, 0.25) is 0 Å². The first-order chi connectivity index (χ1) is 8.38. The summed E-state index contributed by atoms with van der Waals surface area (Å²) in [6.45, 7) is 1.09. The van der Waals surface area contributed by atoms with Crippen molar-refractivity contribution in [1.82, 2.24) is 9.55 Å². The van der Waals surface area contributed by atoms with Gasteiger partial charge in [0.15, 0.2) is 0 Å². The van der Waals surface area contributed by atoms with E-state index in [1.807, 2.05) is 18.2 Å². The predicted molar refractivity (Wildman–Crippen MR) is 67.2 cm³/mol. The Kier molecular flexibility index (Phi) is 2.59. The lowest BCUT2D eigenvalue weighted by Crippen LogP contribution is -2.08. The van der Waals surface area contributed by atoms with Crippen LogP contribution in [-0.2, 0) is 13.0 Å². The van der Waals surface area contributed by atoms with Crippen molar-refractivity contribution in [2.24, 2.45) is 0 Å². The first kappa shape index (κ1) is 10.4. The fraction of sp³-hybridized carbons (Fsp3) is 0.357. The molecule has 1 aliphatic rings. The number of hydrogen-bond donors (Lipinski definition) is 0. The van der Waals surface area contributed by atoms with Gasteiger partial charge in [-0.2, -0.15) is 0 Å². The van der Waals surface area contributed by atoms with E-state index in [0.29, 0.717) is 0 Å². The largest absolute Gasteiger partial charge is 0.496 e. The molecule has 88 valence electrons. The van der Waals surface area contributed by atoms with Crippen LogP contribution in [0.4, 0.5) is 0 Å². The molecule has 0 fully saturated rings. The summed E-state index contributed by atoms with van der Waals surface area (Å²) in [6, 6.07) is 8.05. The third-order valence-electron chi connectivity index (χ3n) is 3.29. The topological polar surface area (TPSA) is 27.1 Å². The molecule has 3 heteroatoms. The number of nitrogens with zero attached hydrogens (tertiary/aromatic N) is 2. The summed E-state index contributed by atoms with van der Waals surface area (Å²) < 4.78 is 7.65. The number of rotatable bonds is 2. The van der Waals surface area contributed by atoms with E-state index in [0.717, 1.165) is 30.0 Å². The van der Waals surface area contributed by atoms with Crippen LogP contribution >= 0.6 is 0 Å². The summed E-state index contributed by atoms with van der Waals surface area (Å²) in [6.07, 6.45) is 5.75. The fourth-order valence-corrected chi connectivity index (χ4v) is 2.40. The van der Waals surface area contributed by atoms with E-state index < -0.39 is 0 Å². The number of aromatic nitrogens is 2. The van der Waals surface area contributed by atoms with E-state index in [-0.39, 0.29) is 0 Å². The van der Waals surface area contributed by atoms with Gasteiger partial charge in [0.05, 0.1) is 12.8 Å². The number of imidazole rings is 1. The summed E-state index contributed by atoms with van der Waals surface area (Å²) >= 11 is 0. The molecule has 0 aliphatic carbocycles. The zero-order valence-corrected chi connectivity index (χ0v) is 10.0. The molecule has 0 bridgehead atoms. The summed E-state index contributed by atoms with van der Waals surface area (Å²) in [4.78, 5) is 4.71. The van der Waals surface area contributed by atoms with Gasteiger partial charge in [-0.3, -0.25) is 0 Å². The maximum atomic E-state index is 5.38. The van der Waals surface area contributed by atoms with Crippen LogP contribution in [0.5, 0.6) is 5.75 Å². The molecule has 0 spiro atoms.